The standard InChI is InChI=1S/C16H15N3O/c1-10-6-7-12(9-11(10)2)14-15(20-19-16(14)17)13-5-3-4-8-18-13/h3-9H,1-2H3,(H2,17,19). The topological polar surface area (TPSA) is 64.9 Å². The van der Waals surface area contributed by atoms with Crippen LogP contribution in [-0.4, -0.2) is 10.1 Å². The largest absolute Gasteiger partial charge is 0.380 e. The summed E-state index contributed by atoms with van der Waals surface area (Å²) in [6.07, 6.45) is 1.72. The zero-order chi connectivity index (χ0) is 14.1. The van der Waals surface area contributed by atoms with Crippen molar-refractivity contribution < 1.29 is 4.52 Å². The zero-order valence-corrected chi connectivity index (χ0v) is 11.4. The van der Waals surface area contributed by atoms with Gasteiger partial charge in [-0.1, -0.05) is 29.4 Å². The summed E-state index contributed by atoms with van der Waals surface area (Å²) in [5, 5.41) is 3.88. The molecule has 4 nitrogen and oxygen atoms in total. The van der Waals surface area contributed by atoms with Gasteiger partial charge in [-0.15, -0.1) is 0 Å². The van der Waals surface area contributed by atoms with Crippen LogP contribution in [0.5, 0.6) is 0 Å². The molecule has 2 N–H and O–H groups in total. The lowest BCUT2D eigenvalue weighted by atomic mass is 9.99. The summed E-state index contributed by atoms with van der Waals surface area (Å²) in [5.74, 6) is 0.986. The summed E-state index contributed by atoms with van der Waals surface area (Å²) in [5.41, 5.74) is 10.9. The quantitative estimate of drug-likeness (QED) is 0.768. The maximum absolute atomic E-state index is 5.97. The van der Waals surface area contributed by atoms with Crippen molar-refractivity contribution >= 4 is 5.82 Å². The maximum Gasteiger partial charge on any atom is 0.195 e. The molecule has 4 heteroatoms. The third-order valence-electron chi connectivity index (χ3n) is 3.41. The molecule has 3 rings (SSSR count). The van der Waals surface area contributed by atoms with Crippen molar-refractivity contribution in [2.75, 3.05) is 5.73 Å². The average molecular weight is 265 g/mol. The molecule has 2 heterocycles. The normalized spacial score (nSPS) is 10.7. The van der Waals surface area contributed by atoms with E-state index in [2.05, 4.69) is 36.1 Å². The third kappa shape index (κ3) is 2.05. The third-order valence-corrected chi connectivity index (χ3v) is 3.41. The van der Waals surface area contributed by atoms with Crippen LogP contribution in [0.2, 0.25) is 0 Å². The Hall–Kier alpha value is -2.62. The van der Waals surface area contributed by atoms with Crippen LogP contribution in [0.25, 0.3) is 22.6 Å². The van der Waals surface area contributed by atoms with Gasteiger partial charge in [0.15, 0.2) is 11.6 Å². The summed E-state index contributed by atoms with van der Waals surface area (Å²) in [4.78, 5) is 4.30. The first-order valence-corrected chi connectivity index (χ1v) is 6.41. The van der Waals surface area contributed by atoms with Crippen LogP contribution in [0.1, 0.15) is 11.1 Å². The summed E-state index contributed by atoms with van der Waals surface area (Å²) < 4.78 is 5.37. The molecule has 0 radical (unpaired) electrons. The highest BCUT2D eigenvalue weighted by atomic mass is 16.5. The number of aromatic nitrogens is 2. The van der Waals surface area contributed by atoms with Gasteiger partial charge >= 0.3 is 0 Å². The van der Waals surface area contributed by atoms with Gasteiger partial charge < -0.3 is 10.3 Å². The Labute approximate surface area is 117 Å². The van der Waals surface area contributed by atoms with E-state index in [-0.39, 0.29) is 0 Å². The number of nitrogens with zero attached hydrogens (tertiary/aromatic N) is 2. The molecule has 20 heavy (non-hydrogen) atoms. The summed E-state index contributed by atoms with van der Waals surface area (Å²) in [6, 6.07) is 11.8. The van der Waals surface area contributed by atoms with Crippen LogP contribution in [0.3, 0.4) is 0 Å². The van der Waals surface area contributed by atoms with Crippen LogP contribution in [0.4, 0.5) is 5.82 Å². The Morgan fingerprint density at radius 2 is 1.90 bits per heavy atom. The number of hydrogen-bond donors (Lipinski definition) is 1. The minimum atomic E-state index is 0.383. The molecule has 0 aliphatic rings. The minimum absolute atomic E-state index is 0.383. The lowest BCUT2D eigenvalue weighted by Crippen LogP contribution is -1.91. The van der Waals surface area contributed by atoms with E-state index in [1.807, 2.05) is 24.3 Å². The number of pyridine rings is 1. The fraction of sp³-hybridized carbons (Fsp3) is 0.125. The number of aryl methyl sites for hydroxylation is 2. The van der Waals surface area contributed by atoms with E-state index in [0.717, 1.165) is 16.8 Å². The molecule has 3 aromatic rings. The second-order valence-corrected chi connectivity index (χ2v) is 4.79. The fourth-order valence-corrected chi connectivity index (χ4v) is 2.15. The van der Waals surface area contributed by atoms with Crippen molar-refractivity contribution in [1.82, 2.24) is 10.1 Å². The van der Waals surface area contributed by atoms with Crippen LogP contribution in [0.15, 0.2) is 47.1 Å². The first kappa shape index (κ1) is 12.4. The molecule has 0 aliphatic heterocycles. The number of nitrogens with two attached hydrogens (primary N) is 1. The highest BCUT2D eigenvalue weighted by molar-refractivity contribution is 5.85. The number of hydrogen-bond acceptors (Lipinski definition) is 4. The molecule has 0 saturated carbocycles. The van der Waals surface area contributed by atoms with Gasteiger partial charge in [0, 0.05) is 6.20 Å². The lowest BCUT2D eigenvalue weighted by molar-refractivity contribution is 0.435. The number of rotatable bonds is 2. The summed E-state index contributed by atoms with van der Waals surface area (Å²) in [6.45, 7) is 4.15. The van der Waals surface area contributed by atoms with E-state index in [9.17, 15) is 0 Å². The molecule has 2 aromatic heterocycles. The highest BCUT2D eigenvalue weighted by Crippen LogP contribution is 2.36. The van der Waals surface area contributed by atoms with Crippen LogP contribution in [0, 0.1) is 13.8 Å². The fourth-order valence-electron chi connectivity index (χ4n) is 2.15. The van der Waals surface area contributed by atoms with Crippen LogP contribution in [-0.2, 0) is 0 Å². The predicted octanol–water partition coefficient (Wildman–Crippen LogP) is 3.60. The van der Waals surface area contributed by atoms with E-state index in [1.54, 1.807) is 6.20 Å². The molecule has 0 unspecified atom stereocenters. The van der Waals surface area contributed by atoms with Crippen molar-refractivity contribution in [1.29, 1.82) is 0 Å². The van der Waals surface area contributed by atoms with Crippen LogP contribution >= 0.6 is 0 Å². The Morgan fingerprint density at radius 3 is 2.60 bits per heavy atom. The summed E-state index contributed by atoms with van der Waals surface area (Å²) >= 11 is 0. The lowest BCUT2D eigenvalue weighted by Gasteiger charge is -2.05. The molecule has 1 aromatic carbocycles. The molecule has 0 atom stereocenters. The first-order chi connectivity index (χ1) is 9.66. The van der Waals surface area contributed by atoms with Gasteiger partial charge in [-0.3, -0.25) is 4.98 Å². The SMILES string of the molecule is Cc1ccc(-c2c(N)noc2-c2ccccn2)cc1C. The van der Waals surface area contributed by atoms with Crippen molar-refractivity contribution in [2.24, 2.45) is 0 Å². The van der Waals surface area contributed by atoms with E-state index in [4.69, 9.17) is 10.3 Å². The maximum atomic E-state index is 5.97. The van der Waals surface area contributed by atoms with Gasteiger partial charge in [-0.25, -0.2) is 0 Å². The predicted molar refractivity (Wildman–Crippen MR) is 79.1 cm³/mol. The zero-order valence-electron chi connectivity index (χ0n) is 11.4. The molecule has 0 amide bonds. The second-order valence-electron chi connectivity index (χ2n) is 4.79. The molecule has 0 spiro atoms. The Balaban J connectivity index is 2.19. The van der Waals surface area contributed by atoms with E-state index < -0.39 is 0 Å². The highest BCUT2D eigenvalue weighted by Gasteiger charge is 2.18. The molecule has 0 aliphatic carbocycles. The smallest absolute Gasteiger partial charge is 0.195 e. The number of benzene rings is 1. The van der Waals surface area contributed by atoms with Crippen molar-refractivity contribution in [3.63, 3.8) is 0 Å². The summed E-state index contributed by atoms with van der Waals surface area (Å²) in [7, 11) is 0. The van der Waals surface area contributed by atoms with E-state index in [1.165, 1.54) is 11.1 Å². The Kier molecular flexibility index (Phi) is 2.99. The average Bonchev–Trinajstić information content (AvgIpc) is 2.85. The molecular weight excluding hydrogens is 250 g/mol. The van der Waals surface area contributed by atoms with Gasteiger partial charge in [0.2, 0.25) is 0 Å². The van der Waals surface area contributed by atoms with Gasteiger partial charge in [-0.05, 0) is 42.7 Å². The second kappa shape index (κ2) is 4.81. The van der Waals surface area contributed by atoms with Crippen molar-refractivity contribution in [2.45, 2.75) is 13.8 Å². The van der Waals surface area contributed by atoms with Gasteiger partial charge in [0.05, 0.1) is 5.56 Å². The molecule has 0 fully saturated rings. The van der Waals surface area contributed by atoms with Gasteiger partial charge in [0.1, 0.15) is 5.69 Å². The van der Waals surface area contributed by atoms with Gasteiger partial charge in [0.25, 0.3) is 0 Å². The van der Waals surface area contributed by atoms with Crippen molar-refractivity contribution in [3.05, 3.63) is 53.7 Å². The monoisotopic (exact) mass is 265 g/mol. The Bertz CT molecular complexity index is 748. The Morgan fingerprint density at radius 1 is 1.05 bits per heavy atom. The van der Waals surface area contributed by atoms with Crippen LogP contribution < -0.4 is 5.73 Å². The number of nitrogen functional groups attached to an aromatic ring is 1. The van der Waals surface area contributed by atoms with Gasteiger partial charge in [-0.2, -0.15) is 0 Å². The van der Waals surface area contributed by atoms with E-state index in [0.29, 0.717) is 11.6 Å². The number of anilines is 1. The first-order valence-electron chi connectivity index (χ1n) is 6.41. The molecule has 0 bridgehead atoms. The molecule has 100 valence electrons. The van der Waals surface area contributed by atoms with E-state index >= 15 is 0 Å². The molecular formula is C16H15N3O. The molecule has 0 saturated heterocycles. The van der Waals surface area contributed by atoms with Crippen molar-refractivity contribution in [3.8, 4) is 22.6 Å². The minimum Gasteiger partial charge on any atom is -0.380 e.